The first-order chi connectivity index (χ1) is 58.3. The first-order valence-electron chi connectivity index (χ1n) is 41.8. The molecule has 0 radical (unpaired) electrons. The number of nitrogens with zero attached hydrogens (tertiary/aromatic N) is 7. The maximum atomic E-state index is 13.9. The summed E-state index contributed by atoms with van der Waals surface area (Å²) in [5.74, 6) is 1.78. The second-order valence-electron chi connectivity index (χ2n) is 30.4. The van der Waals surface area contributed by atoms with E-state index in [1.807, 2.05) is 55.5 Å². The molecule has 26 nitrogen and oxygen atoms in total. The molecular weight excluding hydrogens is 1570 g/mol. The smallest absolute Gasteiger partial charge is 0.337 e. The average molecular weight is 1680 g/mol. The van der Waals surface area contributed by atoms with E-state index < -0.39 is 70.0 Å². The number of nitrogens with one attached hydrogen (secondary N) is 3. The number of aryl methyl sites for hydroxylation is 7. The van der Waals surface area contributed by atoms with Crippen LogP contribution in [0.25, 0.3) is 55.5 Å². The lowest BCUT2D eigenvalue weighted by atomic mass is 9.97. The molecule has 0 aliphatic heterocycles. The summed E-state index contributed by atoms with van der Waals surface area (Å²) in [6, 6.07) is 22.2. The highest BCUT2D eigenvalue weighted by molar-refractivity contribution is 5.84. The van der Waals surface area contributed by atoms with Gasteiger partial charge in [0.05, 0.1) is 7.11 Å². The average Bonchev–Trinajstić information content (AvgIpc) is 1.88. The van der Waals surface area contributed by atoms with E-state index in [4.69, 9.17) is 36.3 Å². The summed E-state index contributed by atoms with van der Waals surface area (Å²) in [5, 5.41) is 1.85. The molecule has 3 atom stereocenters. The van der Waals surface area contributed by atoms with Gasteiger partial charge in [0.25, 0.3) is 23.1 Å². The van der Waals surface area contributed by atoms with Gasteiger partial charge < -0.3 is 51.2 Å². The molecule has 10 aromatic heterocycles. The van der Waals surface area contributed by atoms with Crippen molar-refractivity contribution in [2.24, 2.45) is 11.8 Å². The van der Waals surface area contributed by atoms with Crippen molar-refractivity contribution in [1.29, 1.82) is 0 Å². The van der Waals surface area contributed by atoms with Gasteiger partial charge in [-0.3, -0.25) is 14.4 Å². The molecule has 14 rings (SSSR count). The van der Waals surface area contributed by atoms with Crippen molar-refractivity contribution in [1.82, 2.24) is 49.8 Å². The Labute approximate surface area is 693 Å². The Morgan fingerprint density at radius 2 is 0.727 bits per heavy atom. The largest absolute Gasteiger partial charge is 0.497 e. The fourth-order valence-electron chi connectivity index (χ4n) is 14.7. The number of unbranched alkanes of at least 4 members (excludes halogenated alkanes) is 6. The predicted octanol–water partition coefficient (Wildman–Crippen LogP) is 18.6. The number of H-pyrrole nitrogens is 3. The lowest BCUT2D eigenvalue weighted by molar-refractivity contribution is 0.138. The Hall–Kier alpha value is -11.7. The van der Waals surface area contributed by atoms with Crippen molar-refractivity contribution in [3.8, 4) is 17.5 Å². The van der Waals surface area contributed by atoms with E-state index in [1.165, 1.54) is 108 Å². The van der Waals surface area contributed by atoms with Crippen LogP contribution in [-0.2, 0) is 58.2 Å². The van der Waals surface area contributed by atoms with Gasteiger partial charge in [-0.25, -0.2) is 45.9 Å². The molecule has 31 heteroatoms. The van der Waals surface area contributed by atoms with Crippen LogP contribution in [0.3, 0.4) is 0 Å². The molecule has 0 bridgehead atoms. The number of fused-ring (bicyclic) bond motifs is 5. The van der Waals surface area contributed by atoms with Gasteiger partial charge in [-0.05, 0) is 160 Å². The Kier molecular flexibility index (Phi) is 33.8. The van der Waals surface area contributed by atoms with Gasteiger partial charge in [0.2, 0.25) is 46.2 Å². The number of ether oxygens (including phenoxy) is 3. The molecular formula is C90H105F5N10O16. The molecule has 3 unspecified atom stereocenters. The third-order valence-electron chi connectivity index (χ3n) is 21.2. The molecule has 0 saturated heterocycles. The molecule has 2 aromatic carbocycles. The molecule has 2 aliphatic carbocycles. The van der Waals surface area contributed by atoms with Crippen molar-refractivity contribution >= 4 is 55.5 Å². The normalized spacial score (nSPS) is 13.6. The number of aromatic nitrogens is 10. The van der Waals surface area contributed by atoms with E-state index in [0.717, 1.165) is 105 Å². The standard InChI is InChI=1S/C24H26F2N2O3.C22H25FN2O4.C16H19FN2O3.C14H17FN2O3.C14H18N2O3/c1-2-15-7-9-17(10-8-15)14-30-23-20-18(12-11-16-5-3-4-6-16)13-19(29)31-24(20)28-22(27-23)21(25)26;1-4-5-6-7-16-12-18(26)29-22-19(16)21(24-20(25-22)14(2)23)28-13-15-8-10-17(27-3)11-9-15;1-9(17)14-18-15(21)13-11(7-6-10-4-2-3-5-10)8-12(20)22-16(13)19-14;1-3-4-5-6-9-7-10(18)20-14-11(9)13(19)16-12(17-14)8(2)15;1-3-5-6-7-9-8-11(17)19-14-12(9)13(18)15-10(4-2)16-14/h7-10,13,16,21H,2-6,11-12,14H2,1H3;8-12,14H,4-7,13H2,1-3H3;8-10H,2-7H2,1H3,(H,18,19,21);7-8H,3-6H2,1-2H3,(H,16,17,19);8H,3-7H2,1-2H3,(H,15,16,18). The fourth-order valence-corrected chi connectivity index (χ4v) is 14.7. The molecule has 646 valence electrons. The van der Waals surface area contributed by atoms with E-state index >= 15 is 0 Å². The number of hydrogen-bond donors (Lipinski definition) is 3. The predicted molar refractivity (Wildman–Crippen MR) is 449 cm³/mol. The first-order valence-corrected chi connectivity index (χ1v) is 41.8. The molecule has 0 amide bonds. The van der Waals surface area contributed by atoms with Crippen LogP contribution in [0, 0.1) is 11.8 Å². The topological polar surface area (TPSA) is 368 Å². The van der Waals surface area contributed by atoms with Crippen LogP contribution < -0.4 is 59.0 Å². The van der Waals surface area contributed by atoms with Crippen LogP contribution in [0.5, 0.6) is 17.5 Å². The van der Waals surface area contributed by atoms with Gasteiger partial charge in [0.1, 0.15) is 63.4 Å². The van der Waals surface area contributed by atoms with Crippen LogP contribution in [0.4, 0.5) is 22.0 Å². The van der Waals surface area contributed by atoms with E-state index in [2.05, 4.69) is 77.5 Å². The van der Waals surface area contributed by atoms with Gasteiger partial charge in [-0.2, -0.15) is 34.9 Å². The van der Waals surface area contributed by atoms with Gasteiger partial charge in [-0.1, -0.05) is 161 Å². The Bertz CT molecular complexity index is 5970. The number of rotatable bonds is 31. The zero-order valence-electron chi connectivity index (χ0n) is 69.8. The summed E-state index contributed by atoms with van der Waals surface area (Å²) < 4.78 is 110. The molecule has 121 heavy (non-hydrogen) atoms. The third-order valence-corrected chi connectivity index (χ3v) is 21.2. The zero-order chi connectivity index (χ0) is 86.8. The second kappa shape index (κ2) is 44.6. The second-order valence-corrected chi connectivity index (χ2v) is 30.4. The Morgan fingerprint density at radius 1 is 0.388 bits per heavy atom. The Balaban J connectivity index is 0.000000161. The van der Waals surface area contributed by atoms with Crippen molar-refractivity contribution in [3.63, 3.8) is 0 Å². The summed E-state index contributed by atoms with van der Waals surface area (Å²) in [6.45, 7) is 14.5. The van der Waals surface area contributed by atoms with Crippen molar-refractivity contribution in [2.75, 3.05) is 7.11 Å². The minimum Gasteiger partial charge on any atom is -0.497 e. The van der Waals surface area contributed by atoms with Crippen molar-refractivity contribution < 1.29 is 58.2 Å². The van der Waals surface area contributed by atoms with E-state index in [1.54, 1.807) is 7.11 Å². The van der Waals surface area contributed by atoms with Crippen LogP contribution >= 0.6 is 0 Å². The fraction of sp³-hybridized carbons (Fsp3) is 0.478. The van der Waals surface area contributed by atoms with Crippen molar-refractivity contribution in [3.05, 3.63) is 236 Å². The summed E-state index contributed by atoms with van der Waals surface area (Å²) >= 11 is 0. The lowest BCUT2D eigenvalue weighted by Crippen LogP contribution is -2.17. The van der Waals surface area contributed by atoms with E-state index in [9.17, 15) is 60.3 Å². The minimum atomic E-state index is -2.90. The molecule has 2 fully saturated rings. The number of aromatic amines is 3. The quantitative estimate of drug-likeness (QED) is 0.0268. The minimum absolute atomic E-state index is 0.0324. The van der Waals surface area contributed by atoms with Crippen molar-refractivity contribution in [2.45, 2.75) is 260 Å². The number of methoxy groups -OCH3 is 1. The summed E-state index contributed by atoms with van der Waals surface area (Å²) in [4.78, 5) is 131. The molecule has 2 saturated carbocycles. The maximum Gasteiger partial charge on any atom is 0.337 e. The number of halogens is 5. The third kappa shape index (κ3) is 25.5. The van der Waals surface area contributed by atoms with Gasteiger partial charge >= 0.3 is 28.1 Å². The summed E-state index contributed by atoms with van der Waals surface area (Å²) in [6.07, 6.45) is 18.2. The first kappa shape index (κ1) is 91.6. The Morgan fingerprint density at radius 3 is 1.09 bits per heavy atom. The lowest BCUT2D eigenvalue weighted by Gasteiger charge is -2.14. The molecule has 12 aromatic rings. The maximum absolute atomic E-state index is 13.9. The van der Waals surface area contributed by atoms with Gasteiger partial charge in [0, 0.05) is 36.8 Å². The van der Waals surface area contributed by atoms with Crippen LogP contribution in [0.2, 0.25) is 0 Å². The molecule has 10 heterocycles. The molecule has 2 aliphatic rings. The van der Waals surface area contributed by atoms with Crippen LogP contribution in [-0.4, -0.2) is 56.9 Å². The van der Waals surface area contributed by atoms with Crippen LogP contribution in [0.1, 0.15) is 276 Å². The highest BCUT2D eigenvalue weighted by Gasteiger charge is 2.26. The van der Waals surface area contributed by atoms with E-state index in [-0.39, 0.29) is 87.3 Å². The number of benzene rings is 2. The summed E-state index contributed by atoms with van der Waals surface area (Å²) in [7, 11) is 1.60. The number of alkyl halides is 5. The molecule has 0 spiro atoms. The molecule has 3 N–H and O–H groups in total. The van der Waals surface area contributed by atoms with E-state index in [0.29, 0.717) is 89.0 Å². The summed E-state index contributed by atoms with van der Waals surface area (Å²) in [5.41, 5.74) is 2.51. The highest BCUT2D eigenvalue weighted by Crippen LogP contribution is 2.36. The highest BCUT2D eigenvalue weighted by atomic mass is 19.3. The zero-order valence-corrected chi connectivity index (χ0v) is 69.8. The SMILES string of the molecule is CC(F)c1nc2oc(=O)cc(CCC3CCCC3)c2c(=O)[nH]1.CCCCCc1cc(=O)oc2nc(C(C)F)[nH]c(=O)c12.CCCCCc1cc(=O)oc2nc(C(C)F)nc(OCc3ccc(OC)cc3)c12.CCCCCc1cc(=O)oc2nc(CC)[nH]c(=O)c12.CCc1ccc(COc2nc(C(F)F)nc3oc(=O)cc(CCC4CCCC4)c23)cc1. The van der Waals surface area contributed by atoms with Gasteiger partial charge in [-0.15, -0.1) is 0 Å². The van der Waals surface area contributed by atoms with Crippen LogP contribution in [0.15, 0.2) is 139 Å². The van der Waals surface area contributed by atoms with Gasteiger partial charge in [0.15, 0.2) is 24.3 Å². The monoisotopic (exact) mass is 1680 g/mol. The number of hydrogen-bond acceptors (Lipinski definition) is 23.